The maximum Gasteiger partial charge on any atom is 0.130 e. The smallest absolute Gasteiger partial charge is 0.130 e. The summed E-state index contributed by atoms with van der Waals surface area (Å²) >= 11 is 0. The molecule has 5 nitrogen and oxygen atoms in total. The van der Waals surface area contributed by atoms with Crippen LogP contribution in [0.4, 0.5) is 34.3 Å². The van der Waals surface area contributed by atoms with Gasteiger partial charge in [-0.25, -0.2) is 4.98 Å². The summed E-state index contributed by atoms with van der Waals surface area (Å²) in [5.74, 6) is 1.05. The molecule has 11 rings (SSSR count). The van der Waals surface area contributed by atoms with Crippen molar-refractivity contribution in [3.63, 3.8) is 0 Å². The van der Waals surface area contributed by atoms with Gasteiger partial charge in [0, 0.05) is 50.0 Å². The van der Waals surface area contributed by atoms with Gasteiger partial charge in [-0.05, 0) is 140 Å². The lowest BCUT2D eigenvalue weighted by Crippen LogP contribution is -2.34. The van der Waals surface area contributed by atoms with Gasteiger partial charge in [-0.2, -0.15) is 0 Å². The maximum atomic E-state index is 9.25. The number of nitrogens with zero attached hydrogens (tertiary/aromatic N) is 3. The van der Waals surface area contributed by atoms with Crippen molar-refractivity contribution in [3.8, 4) is 56.0 Å². The van der Waals surface area contributed by atoms with Crippen LogP contribution in [0.15, 0.2) is 194 Å². The van der Waals surface area contributed by atoms with Crippen molar-refractivity contribution in [1.29, 1.82) is 0 Å². The predicted molar refractivity (Wildman–Crippen MR) is 322 cm³/mol. The monoisotopic (exact) mass is 1010 g/mol. The Hall–Kier alpha value is -7.89. The van der Waals surface area contributed by atoms with Gasteiger partial charge in [-0.1, -0.05) is 203 Å². The number of aromatic nitrogens is 1. The number of nitrogens with one attached hydrogen (secondary N) is 1. The molecule has 76 heavy (non-hydrogen) atoms. The first-order chi connectivity index (χ1) is 41.3. The number of ether oxygens (including phenoxy) is 1. The first-order valence-corrected chi connectivity index (χ1v) is 26.2. The third kappa shape index (κ3) is 9.69. The highest BCUT2D eigenvalue weighted by atomic mass is 16.5. The SMILES string of the molecule is [2H]c1c([2H])c([2H])c(-c2cccc(-c3cc(C(C)(C)C)cc(C(C)(C)C)c3)c2N2CN(c3cccc(Oc4ccc(-c5c([2H])c([2H])c([2H])c([2H])c5Nc5cc(C([2H])([2H])[2H])c(-c6cccc7c6C(C)(C)CCC7(C)C)cn5)cc4)c3)c3ccccc32)c([2H])c1[2H]. The number of fused-ring (bicyclic) bond motifs is 2. The Morgan fingerprint density at radius 3 is 1.89 bits per heavy atom. The molecular formula is C71H72N4O. The largest absolute Gasteiger partial charge is 0.457 e. The highest BCUT2D eigenvalue weighted by molar-refractivity contribution is 5.99. The van der Waals surface area contributed by atoms with Crippen LogP contribution in [-0.2, 0) is 21.7 Å². The van der Waals surface area contributed by atoms with Crippen LogP contribution >= 0.6 is 0 Å². The lowest BCUT2D eigenvalue weighted by molar-refractivity contribution is 0.333. The van der Waals surface area contributed by atoms with Crippen LogP contribution in [0.1, 0.15) is 126 Å². The number of benzene rings is 8. The molecule has 1 aliphatic heterocycles. The molecule has 9 aromatic rings. The molecule has 0 saturated heterocycles. The van der Waals surface area contributed by atoms with E-state index in [2.05, 4.69) is 109 Å². The molecule has 0 bridgehead atoms. The maximum absolute atomic E-state index is 9.25. The molecule has 0 atom stereocenters. The topological polar surface area (TPSA) is 40.6 Å². The minimum atomic E-state index is -2.56. The predicted octanol–water partition coefficient (Wildman–Crippen LogP) is 19.8. The van der Waals surface area contributed by atoms with Gasteiger partial charge in [0.25, 0.3) is 0 Å². The minimum absolute atomic E-state index is 0.0279. The summed E-state index contributed by atoms with van der Waals surface area (Å²) in [7, 11) is 0. The van der Waals surface area contributed by atoms with Gasteiger partial charge in [0.2, 0.25) is 0 Å². The van der Waals surface area contributed by atoms with E-state index in [1.54, 1.807) is 30.5 Å². The Morgan fingerprint density at radius 2 is 1.18 bits per heavy atom. The second-order valence-corrected chi connectivity index (χ2v) is 23.6. The van der Waals surface area contributed by atoms with Crippen LogP contribution < -0.4 is 19.9 Å². The molecule has 382 valence electrons. The van der Waals surface area contributed by atoms with Gasteiger partial charge in [0.1, 0.15) is 24.0 Å². The first-order valence-electron chi connectivity index (χ1n) is 32.2. The number of rotatable bonds is 10. The quantitative estimate of drug-likeness (QED) is 0.148. The summed E-state index contributed by atoms with van der Waals surface area (Å²) in [4.78, 5) is 9.05. The Kier molecular flexibility index (Phi) is 9.62. The molecule has 8 aromatic carbocycles. The average Bonchev–Trinajstić information content (AvgIpc) is 1.48. The van der Waals surface area contributed by atoms with Crippen LogP contribution in [0.2, 0.25) is 0 Å². The summed E-state index contributed by atoms with van der Waals surface area (Å²) in [6.45, 7) is 19.7. The van der Waals surface area contributed by atoms with Gasteiger partial charge in [-0.3, -0.25) is 0 Å². The fourth-order valence-corrected chi connectivity index (χ4v) is 10.9. The number of aryl methyl sites for hydroxylation is 1. The summed E-state index contributed by atoms with van der Waals surface area (Å²) < 4.78 is 113. The van der Waals surface area contributed by atoms with Crippen molar-refractivity contribution in [2.24, 2.45) is 0 Å². The summed E-state index contributed by atoms with van der Waals surface area (Å²) in [6, 6.07) is 39.0. The van der Waals surface area contributed by atoms with Crippen LogP contribution in [0.5, 0.6) is 11.5 Å². The van der Waals surface area contributed by atoms with Crippen molar-refractivity contribution in [1.82, 2.24) is 4.98 Å². The zero-order chi connectivity index (χ0) is 63.5. The lowest BCUT2D eigenvalue weighted by Gasteiger charge is -2.43. The molecule has 5 heteroatoms. The first kappa shape index (κ1) is 37.8. The number of anilines is 6. The fraction of sp³-hybridized carbons (Fsp3) is 0.254. The number of para-hydroxylation sites is 4. The van der Waals surface area contributed by atoms with Crippen LogP contribution in [0.3, 0.4) is 0 Å². The minimum Gasteiger partial charge on any atom is -0.457 e. The molecule has 1 N–H and O–H groups in total. The lowest BCUT2D eigenvalue weighted by atomic mass is 9.61. The summed E-state index contributed by atoms with van der Waals surface area (Å²) in [6.07, 6.45) is 3.47. The molecule has 2 aliphatic rings. The standard InChI is InChI=1S/C71H72N4O/c1-47-40-65(72-45-60(47)59-29-21-30-61-66(59)71(10,11)39-38-70(61,8)9)73-62-31-16-15-26-56(62)49-34-36-54(37-35-49)76-55-25-19-24-53(44-55)74-46-75(64-33-18-17-32-63(64)74)67-57(48-22-13-12-14-23-48)27-20-28-58(67)50-41-51(68(2,3)4)43-52(42-50)69(5,6)7/h12-37,40-45H,38-39,46H2,1-11H3,(H,72,73)/i1D3,12D,13D,14D,15D,16D,22D,23D,26D,31D. The molecule has 0 saturated carbocycles. The number of pyridine rings is 1. The summed E-state index contributed by atoms with van der Waals surface area (Å²) in [5, 5.41) is 3.14. The Bertz CT molecular complexity index is 4210. The molecule has 0 spiro atoms. The normalized spacial score (nSPS) is 17.2. The zero-order valence-electron chi connectivity index (χ0n) is 57.2. The molecule has 1 aliphatic carbocycles. The fourth-order valence-electron chi connectivity index (χ4n) is 10.9. The molecule has 0 radical (unpaired) electrons. The van der Waals surface area contributed by atoms with E-state index in [0.29, 0.717) is 33.9 Å². The van der Waals surface area contributed by atoms with Gasteiger partial charge in [-0.15, -0.1) is 0 Å². The third-order valence-electron chi connectivity index (χ3n) is 15.3. The molecule has 0 amide bonds. The highest BCUT2D eigenvalue weighted by Gasteiger charge is 2.39. The average molecular weight is 1010 g/mol. The molecule has 0 fully saturated rings. The second kappa shape index (κ2) is 19.4. The number of hydrogen-bond donors (Lipinski definition) is 1. The van der Waals surface area contributed by atoms with Crippen LogP contribution in [-0.4, -0.2) is 11.7 Å². The van der Waals surface area contributed by atoms with Gasteiger partial charge in [0.15, 0.2) is 0 Å². The van der Waals surface area contributed by atoms with E-state index in [1.807, 2.05) is 78.9 Å². The van der Waals surface area contributed by atoms with E-state index < -0.39 is 37.1 Å². The van der Waals surface area contributed by atoms with E-state index >= 15 is 0 Å². The Balaban J connectivity index is 0.940. The van der Waals surface area contributed by atoms with Crippen molar-refractivity contribution in [2.45, 2.75) is 111 Å². The van der Waals surface area contributed by atoms with Crippen molar-refractivity contribution in [3.05, 3.63) is 222 Å². The van der Waals surface area contributed by atoms with Crippen LogP contribution in [0.25, 0.3) is 44.5 Å². The van der Waals surface area contributed by atoms with Crippen molar-refractivity contribution < 1.29 is 21.2 Å². The molecular weight excluding hydrogens is 925 g/mol. The zero-order valence-corrected chi connectivity index (χ0v) is 45.2. The summed E-state index contributed by atoms with van der Waals surface area (Å²) in [5.41, 5.74) is 11.3. The van der Waals surface area contributed by atoms with Gasteiger partial charge < -0.3 is 19.9 Å². The van der Waals surface area contributed by atoms with E-state index in [0.717, 1.165) is 63.3 Å². The van der Waals surface area contributed by atoms with E-state index in [4.69, 9.17) is 22.1 Å². The molecule has 1 aromatic heterocycles. The van der Waals surface area contributed by atoms with E-state index in [9.17, 15) is 4.11 Å². The Labute approximate surface area is 469 Å². The second-order valence-electron chi connectivity index (χ2n) is 23.6. The van der Waals surface area contributed by atoms with Crippen LogP contribution in [0, 0.1) is 6.85 Å². The van der Waals surface area contributed by atoms with Crippen molar-refractivity contribution in [2.75, 3.05) is 21.8 Å². The number of hydrogen-bond acceptors (Lipinski definition) is 5. The molecule has 0 unspecified atom stereocenters. The van der Waals surface area contributed by atoms with Gasteiger partial charge >= 0.3 is 0 Å². The Morgan fingerprint density at radius 1 is 0.553 bits per heavy atom. The van der Waals surface area contributed by atoms with Gasteiger partial charge in [0.05, 0.1) is 29.4 Å². The highest BCUT2D eigenvalue weighted by Crippen LogP contribution is 2.52. The van der Waals surface area contributed by atoms with E-state index in [-0.39, 0.29) is 80.7 Å². The third-order valence-corrected chi connectivity index (χ3v) is 15.3. The van der Waals surface area contributed by atoms with Crippen molar-refractivity contribution >= 4 is 34.3 Å². The molecule has 2 heterocycles. The van der Waals surface area contributed by atoms with E-state index in [1.165, 1.54) is 11.6 Å².